The summed E-state index contributed by atoms with van der Waals surface area (Å²) in [5.41, 5.74) is 2.62. The maximum Gasteiger partial charge on any atom is 0.0440 e. The lowest BCUT2D eigenvalue weighted by Crippen LogP contribution is -2.09. The first-order valence-electron chi connectivity index (χ1n) is 6.86. The van der Waals surface area contributed by atoms with E-state index < -0.39 is 0 Å². The Morgan fingerprint density at radius 3 is 1.72 bits per heavy atom. The van der Waals surface area contributed by atoms with Gasteiger partial charge in [0.15, 0.2) is 0 Å². The van der Waals surface area contributed by atoms with Crippen molar-refractivity contribution in [3.05, 3.63) is 42.0 Å². The molecule has 0 heterocycles. The predicted octanol–water partition coefficient (Wildman–Crippen LogP) is 5.27. The predicted molar refractivity (Wildman–Crippen MR) is 85.7 cm³/mol. The van der Waals surface area contributed by atoms with Gasteiger partial charge in [0.1, 0.15) is 0 Å². The highest BCUT2D eigenvalue weighted by molar-refractivity contribution is 5.96. The van der Waals surface area contributed by atoms with E-state index in [9.17, 15) is 0 Å². The summed E-state index contributed by atoms with van der Waals surface area (Å²) in [4.78, 5) is 2.15. The van der Waals surface area contributed by atoms with Crippen LogP contribution in [0, 0.1) is 6.92 Å². The summed E-state index contributed by atoms with van der Waals surface area (Å²) in [5.74, 6) is 0. The molecule has 1 nitrogen and oxygen atoms in total. The van der Waals surface area contributed by atoms with E-state index in [2.05, 4.69) is 62.3 Å². The molecule has 0 radical (unpaired) electrons. The summed E-state index contributed by atoms with van der Waals surface area (Å²) >= 11 is 0. The van der Waals surface area contributed by atoms with Crippen molar-refractivity contribution in [2.75, 3.05) is 19.0 Å². The van der Waals surface area contributed by atoms with Crippen LogP contribution in [0.1, 0.15) is 33.3 Å². The quantitative estimate of drug-likeness (QED) is 0.662. The molecule has 0 aliphatic rings. The molecule has 2 aromatic rings. The molecule has 0 saturated carbocycles. The van der Waals surface area contributed by atoms with Crippen LogP contribution in [0.3, 0.4) is 0 Å². The molecule has 0 aliphatic heterocycles. The van der Waals surface area contributed by atoms with Crippen molar-refractivity contribution in [3.63, 3.8) is 0 Å². The maximum atomic E-state index is 2.18. The second-order valence-corrected chi connectivity index (χ2v) is 3.84. The lowest BCUT2D eigenvalue weighted by Gasteiger charge is -2.16. The van der Waals surface area contributed by atoms with Gasteiger partial charge in [-0.1, -0.05) is 58.0 Å². The summed E-state index contributed by atoms with van der Waals surface area (Å²) < 4.78 is 0. The summed E-state index contributed by atoms with van der Waals surface area (Å²) in [6.45, 7) is 10.2. The van der Waals surface area contributed by atoms with Crippen molar-refractivity contribution in [2.24, 2.45) is 0 Å². The number of fused-ring (bicyclic) bond motifs is 1. The van der Waals surface area contributed by atoms with Crippen LogP contribution < -0.4 is 4.90 Å². The number of hydrogen-bond acceptors (Lipinski definition) is 1. The standard InChI is InChI=1S/C13H15N.2C2H6/c1-10-8-9-13(14(2)3)12-7-5-4-6-11(10)12;2*1-2/h4-9H,1-3H3;2*1-2H3. The molecule has 0 atom stereocenters. The second-order valence-electron chi connectivity index (χ2n) is 3.84. The van der Waals surface area contributed by atoms with E-state index in [-0.39, 0.29) is 0 Å². The van der Waals surface area contributed by atoms with Crippen LogP contribution in [0.25, 0.3) is 10.8 Å². The van der Waals surface area contributed by atoms with Gasteiger partial charge in [-0.15, -0.1) is 0 Å². The maximum absolute atomic E-state index is 2.18. The van der Waals surface area contributed by atoms with Gasteiger partial charge in [-0.25, -0.2) is 0 Å². The van der Waals surface area contributed by atoms with Crippen molar-refractivity contribution in [3.8, 4) is 0 Å². The monoisotopic (exact) mass is 245 g/mol. The zero-order valence-electron chi connectivity index (χ0n) is 12.9. The average Bonchev–Trinajstić information content (AvgIpc) is 2.43. The molecule has 0 bridgehead atoms. The molecule has 0 amide bonds. The highest BCUT2D eigenvalue weighted by Crippen LogP contribution is 2.27. The zero-order chi connectivity index (χ0) is 14.1. The largest absolute Gasteiger partial charge is 0.377 e. The Morgan fingerprint density at radius 2 is 1.22 bits per heavy atom. The van der Waals surface area contributed by atoms with E-state index in [1.54, 1.807) is 0 Å². The van der Waals surface area contributed by atoms with Crippen molar-refractivity contribution in [2.45, 2.75) is 34.6 Å². The molecule has 1 heteroatoms. The van der Waals surface area contributed by atoms with Gasteiger partial charge < -0.3 is 4.90 Å². The third-order valence-electron chi connectivity index (χ3n) is 2.60. The second kappa shape index (κ2) is 8.57. The van der Waals surface area contributed by atoms with Gasteiger partial charge in [0.2, 0.25) is 0 Å². The normalized spacial score (nSPS) is 8.83. The zero-order valence-corrected chi connectivity index (χ0v) is 12.9. The van der Waals surface area contributed by atoms with Crippen molar-refractivity contribution in [1.29, 1.82) is 0 Å². The Morgan fingerprint density at radius 1 is 0.722 bits per heavy atom. The summed E-state index contributed by atoms with van der Waals surface area (Å²) in [6.07, 6.45) is 0. The minimum atomic E-state index is 1.28. The van der Waals surface area contributed by atoms with E-state index in [4.69, 9.17) is 0 Å². The van der Waals surface area contributed by atoms with Crippen molar-refractivity contribution in [1.82, 2.24) is 0 Å². The molecule has 0 aliphatic carbocycles. The Labute approximate surface area is 112 Å². The van der Waals surface area contributed by atoms with Crippen LogP contribution in [0.15, 0.2) is 36.4 Å². The molecular weight excluding hydrogens is 218 g/mol. The first-order valence-corrected chi connectivity index (χ1v) is 6.86. The number of hydrogen-bond donors (Lipinski definition) is 0. The number of rotatable bonds is 1. The molecule has 0 aromatic heterocycles. The fourth-order valence-electron chi connectivity index (χ4n) is 1.82. The molecule has 0 N–H and O–H groups in total. The molecule has 0 saturated heterocycles. The van der Waals surface area contributed by atoms with Crippen LogP contribution in [0.5, 0.6) is 0 Å². The lowest BCUT2D eigenvalue weighted by molar-refractivity contribution is 1.14. The first-order chi connectivity index (χ1) is 8.70. The van der Waals surface area contributed by atoms with Crippen molar-refractivity contribution >= 4 is 16.5 Å². The van der Waals surface area contributed by atoms with E-state index in [0.29, 0.717) is 0 Å². The molecule has 2 aromatic carbocycles. The van der Waals surface area contributed by atoms with Gasteiger partial charge in [0.25, 0.3) is 0 Å². The van der Waals surface area contributed by atoms with E-state index in [1.165, 1.54) is 22.0 Å². The van der Waals surface area contributed by atoms with Crippen LogP contribution >= 0.6 is 0 Å². The minimum Gasteiger partial charge on any atom is -0.377 e. The molecule has 0 spiro atoms. The van der Waals surface area contributed by atoms with Crippen LogP contribution in [-0.2, 0) is 0 Å². The fourth-order valence-corrected chi connectivity index (χ4v) is 1.82. The summed E-state index contributed by atoms with van der Waals surface area (Å²) in [7, 11) is 4.16. The van der Waals surface area contributed by atoms with Gasteiger partial charge in [-0.05, 0) is 23.9 Å². The van der Waals surface area contributed by atoms with Gasteiger partial charge >= 0.3 is 0 Å². The summed E-state index contributed by atoms with van der Waals surface area (Å²) in [6, 6.07) is 12.9. The molecule has 2 rings (SSSR count). The number of aryl methyl sites for hydroxylation is 1. The van der Waals surface area contributed by atoms with Crippen molar-refractivity contribution < 1.29 is 0 Å². The molecule has 0 unspecified atom stereocenters. The van der Waals surface area contributed by atoms with Gasteiger partial charge in [0, 0.05) is 25.2 Å². The number of nitrogens with zero attached hydrogens (tertiary/aromatic N) is 1. The Bertz CT molecular complexity index is 458. The Hall–Kier alpha value is -1.50. The molecule has 18 heavy (non-hydrogen) atoms. The Kier molecular flexibility index (Phi) is 7.86. The smallest absolute Gasteiger partial charge is 0.0440 e. The number of anilines is 1. The third kappa shape index (κ3) is 3.76. The van der Waals surface area contributed by atoms with E-state index >= 15 is 0 Å². The van der Waals surface area contributed by atoms with Crippen LogP contribution in [-0.4, -0.2) is 14.1 Å². The SMILES string of the molecule is CC.CC.Cc1ccc(N(C)C)c2ccccc12. The van der Waals surface area contributed by atoms with E-state index in [0.717, 1.165) is 0 Å². The summed E-state index contributed by atoms with van der Waals surface area (Å²) in [5, 5.41) is 2.68. The Balaban J connectivity index is 0.000000659. The fraction of sp³-hybridized carbons (Fsp3) is 0.412. The topological polar surface area (TPSA) is 3.24 Å². The van der Waals surface area contributed by atoms with Gasteiger partial charge in [-0.2, -0.15) is 0 Å². The lowest BCUT2D eigenvalue weighted by atomic mass is 10.0. The number of benzene rings is 2. The van der Waals surface area contributed by atoms with Gasteiger partial charge in [-0.3, -0.25) is 0 Å². The molecule has 100 valence electrons. The molecular formula is C17H27N. The third-order valence-corrected chi connectivity index (χ3v) is 2.60. The van der Waals surface area contributed by atoms with Gasteiger partial charge in [0.05, 0.1) is 0 Å². The highest BCUT2D eigenvalue weighted by atomic mass is 15.1. The minimum absolute atomic E-state index is 1.28. The first kappa shape index (κ1) is 16.5. The average molecular weight is 245 g/mol. The molecule has 0 fully saturated rings. The van der Waals surface area contributed by atoms with E-state index in [1.807, 2.05) is 27.7 Å². The highest BCUT2D eigenvalue weighted by Gasteiger charge is 2.03. The van der Waals surface area contributed by atoms with Crippen LogP contribution in [0.4, 0.5) is 5.69 Å². The van der Waals surface area contributed by atoms with Crippen LogP contribution in [0.2, 0.25) is 0 Å².